The van der Waals surface area contributed by atoms with Gasteiger partial charge in [0, 0.05) is 24.9 Å². The number of benzene rings is 1. The van der Waals surface area contributed by atoms with Crippen LogP contribution >= 0.6 is 11.3 Å². The molecule has 27 heavy (non-hydrogen) atoms. The van der Waals surface area contributed by atoms with Crippen molar-refractivity contribution in [2.24, 2.45) is 0 Å². The van der Waals surface area contributed by atoms with E-state index in [0.29, 0.717) is 36.0 Å². The first kappa shape index (κ1) is 20.0. The predicted octanol–water partition coefficient (Wildman–Crippen LogP) is 3.59. The molecule has 1 saturated heterocycles. The molecule has 1 aliphatic heterocycles. The summed E-state index contributed by atoms with van der Waals surface area (Å²) in [6, 6.07) is 6.90. The zero-order chi connectivity index (χ0) is 19.3. The maximum Gasteiger partial charge on any atom is 0.243 e. The number of carbonyl (C=O) groups excluding carboxylic acids is 1. The van der Waals surface area contributed by atoms with Crippen molar-refractivity contribution in [3.63, 3.8) is 0 Å². The first-order chi connectivity index (χ1) is 12.9. The van der Waals surface area contributed by atoms with Crippen LogP contribution in [0.15, 0.2) is 34.5 Å². The molecule has 0 radical (unpaired) electrons. The molecule has 1 fully saturated rings. The van der Waals surface area contributed by atoms with Crippen molar-refractivity contribution in [1.82, 2.24) is 9.29 Å². The monoisotopic (exact) mass is 407 g/mol. The third-order valence-corrected chi connectivity index (χ3v) is 7.42. The number of amides is 1. The minimum Gasteiger partial charge on any atom is -0.302 e. The first-order valence-corrected chi connectivity index (χ1v) is 11.6. The summed E-state index contributed by atoms with van der Waals surface area (Å²) in [5.41, 5.74) is 1.83. The topological polar surface area (TPSA) is 79.4 Å². The second kappa shape index (κ2) is 8.95. The van der Waals surface area contributed by atoms with Gasteiger partial charge >= 0.3 is 0 Å². The molecule has 0 unspecified atom stereocenters. The third kappa shape index (κ3) is 5.37. The molecule has 1 aromatic heterocycles. The molecule has 0 atom stereocenters. The summed E-state index contributed by atoms with van der Waals surface area (Å²) in [5.74, 6) is -0.0920. The Hall–Kier alpha value is -1.77. The average molecular weight is 408 g/mol. The summed E-state index contributed by atoms with van der Waals surface area (Å²) in [6.07, 6.45) is 4.91. The Morgan fingerprint density at radius 1 is 1.15 bits per heavy atom. The highest BCUT2D eigenvalue weighted by molar-refractivity contribution is 7.89. The lowest BCUT2D eigenvalue weighted by Gasteiger charge is -2.20. The minimum absolute atomic E-state index is 0.0920. The second-order valence-electron chi connectivity index (χ2n) is 6.80. The predicted molar refractivity (Wildman–Crippen MR) is 107 cm³/mol. The number of rotatable bonds is 6. The zero-order valence-electron chi connectivity index (χ0n) is 15.5. The first-order valence-electron chi connectivity index (χ1n) is 9.26. The van der Waals surface area contributed by atoms with E-state index in [1.807, 2.05) is 12.3 Å². The van der Waals surface area contributed by atoms with Gasteiger partial charge in [0.15, 0.2) is 5.13 Å². The Morgan fingerprint density at radius 2 is 1.81 bits per heavy atom. The summed E-state index contributed by atoms with van der Waals surface area (Å²) in [5, 5.41) is 5.28. The maximum absolute atomic E-state index is 12.8. The summed E-state index contributed by atoms with van der Waals surface area (Å²) < 4.78 is 27.2. The van der Waals surface area contributed by atoms with Crippen molar-refractivity contribution in [3.8, 4) is 0 Å². The van der Waals surface area contributed by atoms with Gasteiger partial charge in [-0.15, -0.1) is 11.3 Å². The minimum atomic E-state index is -3.42. The fourth-order valence-electron chi connectivity index (χ4n) is 3.11. The summed E-state index contributed by atoms with van der Waals surface area (Å²) in [4.78, 5) is 16.6. The molecule has 146 valence electrons. The van der Waals surface area contributed by atoms with E-state index in [0.717, 1.165) is 36.9 Å². The largest absolute Gasteiger partial charge is 0.302 e. The molecule has 8 heteroatoms. The van der Waals surface area contributed by atoms with Crippen LogP contribution in [0.25, 0.3) is 0 Å². The SMILES string of the molecule is Cc1csc(NC(=O)CCc2ccc(S(=O)(=O)N3CCCCCC3)cc2)n1. The van der Waals surface area contributed by atoms with Crippen molar-refractivity contribution >= 4 is 32.4 Å². The van der Waals surface area contributed by atoms with E-state index < -0.39 is 10.0 Å². The van der Waals surface area contributed by atoms with Crippen LogP contribution in [0.2, 0.25) is 0 Å². The molecule has 0 bridgehead atoms. The molecule has 1 aromatic carbocycles. The lowest BCUT2D eigenvalue weighted by Crippen LogP contribution is -2.31. The fourth-order valence-corrected chi connectivity index (χ4v) is 5.33. The van der Waals surface area contributed by atoms with Gasteiger partial charge in [0.2, 0.25) is 15.9 Å². The highest BCUT2D eigenvalue weighted by Crippen LogP contribution is 2.21. The van der Waals surface area contributed by atoms with E-state index in [-0.39, 0.29) is 5.91 Å². The van der Waals surface area contributed by atoms with Gasteiger partial charge < -0.3 is 5.32 Å². The van der Waals surface area contributed by atoms with Gasteiger partial charge in [-0.1, -0.05) is 25.0 Å². The van der Waals surface area contributed by atoms with Crippen LogP contribution in [-0.2, 0) is 21.2 Å². The molecule has 2 aromatic rings. The Balaban J connectivity index is 1.57. The molecule has 0 spiro atoms. The number of nitrogens with one attached hydrogen (secondary N) is 1. The van der Waals surface area contributed by atoms with E-state index in [2.05, 4.69) is 10.3 Å². The molecular weight excluding hydrogens is 382 g/mol. The number of hydrogen-bond donors (Lipinski definition) is 1. The number of thiazole rings is 1. The lowest BCUT2D eigenvalue weighted by molar-refractivity contribution is -0.116. The smallest absolute Gasteiger partial charge is 0.243 e. The number of anilines is 1. The quantitative estimate of drug-likeness (QED) is 0.794. The molecule has 2 heterocycles. The molecule has 3 rings (SSSR count). The van der Waals surface area contributed by atoms with Crippen molar-refractivity contribution in [3.05, 3.63) is 40.9 Å². The highest BCUT2D eigenvalue weighted by Gasteiger charge is 2.24. The van der Waals surface area contributed by atoms with Gasteiger partial charge in [0.25, 0.3) is 0 Å². The van der Waals surface area contributed by atoms with E-state index in [1.54, 1.807) is 28.6 Å². The zero-order valence-corrected chi connectivity index (χ0v) is 17.1. The lowest BCUT2D eigenvalue weighted by atomic mass is 10.1. The third-order valence-electron chi connectivity index (χ3n) is 4.63. The van der Waals surface area contributed by atoms with E-state index in [1.165, 1.54) is 11.3 Å². The molecule has 1 amide bonds. The Morgan fingerprint density at radius 3 is 2.41 bits per heavy atom. The summed E-state index contributed by atoms with van der Waals surface area (Å²) in [7, 11) is -3.42. The van der Waals surface area contributed by atoms with Crippen molar-refractivity contribution < 1.29 is 13.2 Å². The van der Waals surface area contributed by atoms with Crippen LogP contribution in [-0.4, -0.2) is 36.7 Å². The van der Waals surface area contributed by atoms with E-state index in [9.17, 15) is 13.2 Å². The Kier molecular flexibility index (Phi) is 6.62. The Bertz CT molecular complexity index is 868. The highest BCUT2D eigenvalue weighted by atomic mass is 32.2. The number of aromatic nitrogens is 1. The number of nitrogens with zero attached hydrogens (tertiary/aromatic N) is 2. The van der Waals surface area contributed by atoms with Crippen LogP contribution in [0, 0.1) is 6.92 Å². The van der Waals surface area contributed by atoms with Crippen LogP contribution in [0.5, 0.6) is 0 Å². The van der Waals surface area contributed by atoms with Gasteiger partial charge in [0.05, 0.1) is 10.6 Å². The van der Waals surface area contributed by atoms with Crippen molar-refractivity contribution in [2.45, 2.75) is 50.3 Å². The molecular formula is C19H25N3O3S2. The number of hydrogen-bond acceptors (Lipinski definition) is 5. The summed E-state index contributed by atoms with van der Waals surface area (Å²) in [6.45, 7) is 3.08. The number of aryl methyl sites for hydroxylation is 2. The van der Waals surface area contributed by atoms with Gasteiger partial charge in [-0.25, -0.2) is 13.4 Å². The standard InChI is InChI=1S/C19H25N3O3S2/c1-15-14-26-19(20-15)21-18(23)11-8-16-6-9-17(10-7-16)27(24,25)22-12-4-2-3-5-13-22/h6-7,9-10,14H,2-5,8,11-13H2,1H3,(H,20,21,23). The second-order valence-corrected chi connectivity index (χ2v) is 9.60. The molecule has 1 aliphatic rings. The van der Waals surface area contributed by atoms with E-state index in [4.69, 9.17) is 0 Å². The maximum atomic E-state index is 12.8. The molecule has 0 aliphatic carbocycles. The summed E-state index contributed by atoms with van der Waals surface area (Å²) >= 11 is 1.40. The van der Waals surface area contributed by atoms with Gasteiger partial charge in [-0.3, -0.25) is 4.79 Å². The van der Waals surface area contributed by atoms with Crippen LogP contribution in [0.3, 0.4) is 0 Å². The van der Waals surface area contributed by atoms with Crippen molar-refractivity contribution in [2.75, 3.05) is 18.4 Å². The fraction of sp³-hybridized carbons (Fsp3) is 0.474. The molecule has 1 N–H and O–H groups in total. The van der Waals surface area contributed by atoms with Crippen LogP contribution < -0.4 is 5.32 Å². The Labute approximate surface area is 164 Å². The number of carbonyl (C=O) groups is 1. The van der Waals surface area contributed by atoms with Crippen molar-refractivity contribution in [1.29, 1.82) is 0 Å². The van der Waals surface area contributed by atoms with Gasteiger partial charge in [-0.05, 0) is 43.9 Å². The van der Waals surface area contributed by atoms with Gasteiger partial charge in [-0.2, -0.15) is 4.31 Å². The van der Waals surface area contributed by atoms with Crippen LogP contribution in [0.4, 0.5) is 5.13 Å². The average Bonchev–Trinajstić information content (AvgIpc) is 2.88. The van der Waals surface area contributed by atoms with Gasteiger partial charge in [0.1, 0.15) is 0 Å². The van der Waals surface area contributed by atoms with Crippen LogP contribution in [0.1, 0.15) is 43.4 Å². The normalized spacial score (nSPS) is 16.0. The van der Waals surface area contributed by atoms with E-state index >= 15 is 0 Å². The molecule has 0 saturated carbocycles. The molecule has 6 nitrogen and oxygen atoms in total. The number of sulfonamides is 1.